The van der Waals surface area contributed by atoms with Crippen molar-refractivity contribution in [1.82, 2.24) is 4.90 Å². The topological polar surface area (TPSA) is 36.6 Å². The molecule has 0 spiro atoms. The predicted molar refractivity (Wildman–Crippen MR) is 67.7 cm³/mol. The van der Waals surface area contributed by atoms with E-state index in [0.717, 1.165) is 31.7 Å². The van der Waals surface area contributed by atoms with E-state index in [2.05, 4.69) is 11.9 Å². The number of furan rings is 1. The maximum atomic E-state index is 9.95. The predicted octanol–water partition coefficient (Wildman–Crippen LogP) is 2.57. The van der Waals surface area contributed by atoms with Crippen LogP contribution in [0.3, 0.4) is 0 Å². The second-order valence-corrected chi connectivity index (χ2v) is 5.31. The largest absolute Gasteiger partial charge is 0.469 e. The summed E-state index contributed by atoms with van der Waals surface area (Å²) in [5.41, 5.74) is 1.25. The number of aryl methyl sites for hydroxylation is 1. The van der Waals surface area contributed by atoms with E-state index < -0.39 is 0 Å². The molecule has 96 valence electrons. The molecule has 2 unspecified atom stereocenters. The van der Waals surface area contributed by atoms with E-state index in [-0.39, 0.29) is 6.10 Å². The first kappa shape index (κ1) is 12.7. The molecule has 0 aliphatic heterocycles. The van der Waals surface area contributed by atoms with Crippen LogP contribution in [0.5, 0.6) is 0 Å². The summed E-state index contributed by atoms with van der Waals surface area (Å²) in [5.74, 6) is 1.45. The standard InChI is InChI=1S/C14H23NO2/c1-11-12(7-8-17-11)9-15(2)10-13-5-3-4-6-14(13)16/h7-8,13-14,16H,3-6,9-10H2,1-2H3. The van der Waals surface area contributed by atoms with Crippen LogP contribution in [0.1, 0.15) is 37.0 Å². The summed E-state index contributed by atoms with van der Waals surface area (Å²) in [6.45, 7) is 3.88. The number of nitrogens with zero attached hydrogens (tertiary/aromatic N) is 1. The van der Waals surface area contributed by atoms with Gasteiger partial charge in [0.1, 0.15) is 5.76 Å². The normalized spacial score (nSPS) is 25.4. The second kappa shape index (κ2) is 5.69. The van der Waals surface area contributed by atoms with Crippen LogP contribution >= 0.6 is 0 Å². The van der Waals surface area contributed by atoms with Crippen LogP contribution in [0, 0.1) is 12.8 Å². The zero-order valence-electron chi connectivity index (χ0n) is 10.9. The number of rotatable bonds is 4. The molecule has 0 saturated heterocycles. The van der Waals surface area contributed by atoms with Gasteiger partial charge >= 0.3 is 0 Å². The van der Waals surface area contributed by atoms with E-state index >= 15 is 0 Å². The minimum absolute atomic E-state index is 0.100. The molecule has 1 fully saturated rings. The van der Waals surface area contributed by atoms with Crippen molar-refractivity contribution in [3.8, 4) is 0 Å². The van der Waals surface area contributed by atoms with Gasteiger partial charge in [-0.3, -0.25) is 0 Å². The molecule has 3 heteroatoms. The van der Waals surface area contributed by atoms with Crippen LogP contribution in [0.15, 0.2) is 16.7 Å². The van der Waals surface area contributed by atoms with Crippen molar-refractivity contribution >= 4 is 0 Å². The van der Waals surface area contributed by atoms with Crippen molar-refractivity contribution < 1.29 is 9.52 Å². The third-order valence-corrected chi connectivity index (χ3v) is 3.82. The number of hydrogen-bond acceptors (Lipinski definition) is 3. The zero-order valence-corrected chi connectivity index (χ0v) is 10.9. The molecule has 0 bridgehead atoms. The molecule has 3 nitrogen and oxygen atoms in total. The van der Waals surface area contributed by atoms with Gasteiger partial charge in [0.25, 0.3) is 0 Å². The maximum absolute atomic E-state index is 9.95. The third kappa shape index (κ3) is 3.33. The van der Waals surface area contributed by atoms with Gasteiger partial charge < -0.3 is 14.4 Å². The molecule has 0 aromatic carbocycles. The van der Waals surface area contributed by atoms with Gasteiger partial charge in [-0.15, -0.1) is 0 Å². The molecule has 1 saturated carbocycles. The highest BCUT2D eigenvalue weighted by molar-refractivity contribution is 5.14. The maximum Gasteiger partial charge on any atom is 0.105 e. The van der Waals surface area contributed by atoms with Gasteiger partial charge in [0, 0.05) is 18.7 Å². The van der Waals surface area contributed by atoms with E-state index in [1.165, 1.54) is 18.4 Å². The summed E-state index contributed by atoms with van der Waals surface area (Å²) in [5, 5.41) is 9.95. The van der Waals surface area contributed by atoms with Crippen molar-refractivity contribution in [3.05, 3.63) is 23.7 Å². The first-order valence-electron chi connectivity index (χ1n) is 6.56. The lowest BCUT2D eigenvalue weighted by molar-refractivity contribution is 0.0501. The highest BCUT2D eigenvalue weighted by Gasteiger charge is 2.24. The first-order valence-corrected chi connectivity index (χ1v) is 6.56. The summed E-state index contributed by atoms with van der Waals surface area (Å²) in [4.78, 5) is 2.29. The Hall–Kier alpha value is -0.800. The van der Waals surface area contributed by atoms with Crippen LogP contribution in [-0.4, -0.2) is 29.7 Å². The van der Waals surface area contributed by atoms with E-state index in [1.807, 2.05) is 13.0 Å². The lowest BCUT2D eigenvalue weighted by Crippen LogP contribution is -2.34. The molecule has 1 aliphatic rings. The Morgan fingerprint density at radius 2 is 2.18 bits per heavy atom. The average molecular weight is 237 g/mol. The van der Waals surface area contributed by atoms with Crippen LogP contribution in [0.4, 0.5) is 0 Å². The molecule has 2 rings (SSSR count). The zero-order chi connectivity index (χ0) is 12.3. The van der Waals surface area contributed by atoms with Gasteiger partial charge in [-0.1, -0.05) is 12.8 Å². The van der Waals surface area contributed by atoms with E-state index in [0.29, 0.717) is 5.92 Å². The molecular weight excluding hydrogens is 214 g/mol. The Morgan fingerprint density at radius 3 is 2.82 bits per heavy atom. The van der Waals surface area contributed by atoms with Crippen molar-refractivity contribution in [2.24, 2.45) is 5.92 Å². The van der Waals surface area contributed by atoms with Gasteiger partial charge in [-0.05, 0) is 38.8 Å². The molecule has 1 aromatic rings. The lowest BCUT2D eigenvalue weighted by Gasteiger charge is -2.31. The molecule has 1 N–H and O–H groups in total. The molecule has 2 atom stereocenters. The van der Waals surface area contributed by atoms with E-state index in [4.69, 9.17) is 4.42 Å². The highest BCUT2D eigenvalue weighted by Crippen LogP contribution is 2.25. The van der Waals surface area contributed by atoms with Crippen molar-refractivity contribution in [1.29, 1.82) is 0 Å². The van der Waals surface area contributed by atoms with Crippen molar-refractivity contribution in [3.63, 3.8) is 0 Å². The smallest absolute Gasteiger partial charge is 0.105 e. The van der Waals surface area contributed by atoms with Crippen LogP contribution in [0.25, 0.3) is 0 Å². The average Bonchev–Trinajstić information content (AvgIpc) is 2.68. The van der Waals surface area contributed by atoms with Crippen molar-refractivity contribution in [2.75, 3.05) is 13.6 Å². The molecule has 17 heavy (non-hydrogen) atoms. The summed E-state index contributed by atoms with van der Waals surface area (Å²) in [6, 6.07) is 2.03. The summed E-state index contributed by atoms with van der Waals surface area (Å²) >= 11 is 0. The minimum atomic E-state index is -0.100. The lowest BCUT2D eigenvalue weighted by atomic mass is 9.86. The number of aliphatic hydroxyl groups is 1. The van der Waals surface area contributed by atoms with Crippen molar-refractivity contribution in [2.45, 2.75) is 45.3 Å². The molecule has 1 heterocycles. The van der Waals surface area contributed by atoms with Gasteiger partial charge in [0.2, 0.25) is 0 Å². The summed E-state index contributed by atoms with van der Waals surface area (Å²) in [7, 11) is 2.12. The van der Waals surface area contributed by atoms with Gasteiger partial charge in [0.05, 0.1) is 12.4 Å². The quantitative estimate of drug-likeness (QED) is 0.874. The Balaban J connectivity index is 1.84. The van der Waals surface area contributed by atoms with Gasteiger partial charge in [-0.25, -0.2) is 0 Å². The van der Waals surface area contributed by atoms with Crippen LogP contribution in [0.2, 0.25) is 0 Å². The monoisotopic (exact) mass is 237 g/mol. The molecule has 0 radical (unpaired) electrons. The Morgan fingerprint density at radius 1 is 1.41 bits per heavy atom. The van der Waals surface area contributed by atoms with Gasteiger partial charge in [0.15, 0.2) is 0 Å². The molecule has 1 aromatic heterocycles. The molecule has 0 amide bonds. The number of aliphatic hydroxyl groups excluding tert-OH is 1. The number of hydrogen-bond donors (Lipinski definition) is 1. The molecule has 1 aliphatic carbocycles. The second-order valence-electron chi connectivity index (χ2n) is 5.31. The SMILES string of the molecule is Cc1occc1CN(C)CC1CCCCC1O. The fraction of sp³-hybridized carbons (Fsp3) is 0.714. The van der Waals surface area contributed by atoms with Crippen LogP contribution < -0.4 is 0 Å². The Bertz CT molecular complexity index is 348. The van der Waals surface area contributed by atoms with E-state index in [9.17, 15) is 5.11 Å². The fourth-order valence-electron chi connectivity index (χ4n) is 2.73. The highest BCUT2D eigenvalue weighted by atomic mass is 16.3. The fourth-order valence-corrected chi connectivity index (χ4v) is 2.73. The molecular formula is C14H23NO2. The summed E-state index contributed by atoms with van der Waals surface area (Å²) in [6.07, 6.45) is 6.23. The van der Waals surface area contributed by atoms with Gasteiger partial charge in [-0.2, -0.15) is 0 Å². The first-order chi connectivity index (χ1) is 8.16. The Labute approximate surface area is 103 Å². The van der Waals surface area contributed by atoms with E-state index in [1.54, 1.807) is 6.26 Å². The minimum Gasteiger partial charge on any atom is -0.469 e. The Kier molecular flexibility index (Phi) is 4.24. The van der Waals surface area contributed by atoms with Crippen LogP contribution in [-0.2, 0) is 6.54 Å². The summed E-state index contributed by atoms with van der Waals surface area (Å²) < 4.78 is 5.30. The third-order valence-electron chi connectivity index (χ3n) is 3.82.